The molecule has 0 amide bonds. The van der Waals surface area contributed by atoms with E-state index in [1.54, 1.807) is 6.07 Å². The van der Waals surface area contributed by atoms with Crippen molar-refractivity contribution in [3.63, 3.8) is 0 Å². The Hall–Kier alpha value is -7.76. The van der Waals surface area contributed by atoms with Gasteiger partial charge in [0.25, 0.3) is 0 Å². The van der Waals surface area contributed by atoms with Crippen molar-refractivity contribution < 1.29 is 5.11 Å². The van der Waals surface area contributed by atoms with Crippen LogP contribution in [-0.4, -0.2) is 24.2 Å². The maximum Gasteiger partial charge on any atom is 0.149 e. The normalized spacial score (nSPS) is 12.3. The highest BCUT2D eigenvalue weighted by Crippen LogP contribution is 2.44. The number of hydrogen-bond donors (Lipinski definition) is 1. The van der Waals surface area contributed by atoms with Crippen LogP contribution >= 0.6 is 0 Å². The van der Waals surface area contributed by atoms with Gasteiger partial charge in [-0.05, 0) is 158 Å². The summed E-state index contributed by atoms with van der Waals surface area (Å²) in [6, 6.07) is 54.2. The van der Waals surface area contributed by atoms with E-state index in [0.29, 0.717) is 11.4 Å². The molecule has 0 atom stereocenters. The van der Waals surface area contributed by atoms with Gasteiger partial charge in [-0.1, -0.05) is 148 Å². The quantitative estimate of drug-likeness (QED) is 0.155. The van der Waals surface area contributed by atoms with Crippen molar-refractivity contribution >= 4 is 38.4 Å². The molecule has 0 fully saturated rings. The van der Waals surface area contributed by atoms with E-state index < -0.39 is 0 Å². The van der Waals surface area contributed by atoms with E-state index in [1.807, 2.05) is 30.5 Å². The lowest BCUT2D eigenvalue weighted by Crippen LogP contribution is -2.17. The number of aryl methyl sites for hydroxylation is 1. The third-order valence-electron chi connectivity index (χ3n) is 14.0. The first-order valence-corrected chi connectivity index (χ1v) is 24.3. The van der Waals surface area contributed by atoms with Crippen molar-refractivity contribution in [2.24, 2.45) is 0 Å². The molecule has 10 rings (SSSR count). The standard InChI is InChI=1S/C65H62N4O/c1-13-40(2)54-33-42(27-26-41(54)3)43-28-29-66-56(34-43)45-30-44(31-49(32-45)68-57-23-17-14-20-51(57)52-21-15-18-24-58(52)68)55-38-48(65(10,11)12)39-59-61(55)67-62(53-22-16-19-25-60(53)70)69(59)50-36-46(63(4,5)6)35-47(37-50)64(7,8)9/h13-39,70H,1-2H2,3-12H3. The van der Waals surface area contributed by atoms with Crippen molar-refractivity contribution in [3.8, 4) is 62.0 Å². The van der Waals surface area contributed by atoms with Gasteiger partial charge in [-0.2, -0.15) is 0 Å². The highest BCUT2D eigenvalue weighted by molar-refractivity contribution is 6.09. The molecule has 70 heavy (non-hydrogen) atoms. The average molecular weight is 915 g/mol. The number of nitrogens with zero attached hydrogens (tertiary/aromatic N) is 4. The number of pyridine rings is 1. The molecule has 5 nitrogen and oxygen atoms in total. The van der Waals surface area contributed by atoms with Gasteiger partial charge in [-0.15, -0.1) is 0 Å². The summed E-state index contributed by atoms with van der Waals surface area (Å²) >= 11 is 0. The molecule has 10 aromatic rings. The summed E-state index contributed by atoms with van der Waals surface area (Å²) < 4.78 is 4.67. The number of allylic oxidation sites excluding steroid dienone is 2. The monoisotopic (exact) mass is 914 g/mol. The molecular weight excluding hydrogens is 853 g/mol. The van der Waals surface area contributed by atoms with Crippen molar-refractivity contribution in [1.82, 2.24) is 19.1 Å². The molecule has 348 valence electrons. The lowest BCUT2D eigenvalue weighted by atomic mass is 9.80. The van der Waals surface area contributed by atoms with Gasteiger partial charge in [0.15, 0.2) is 0 Å². The van der Waals surface area contributed by atoms with E-state index in [2.05, 4.69) is 219 Å². The molecule has 7 aromatic carbocycles. The largest absolute Gasteiger partial charge is 0.507 e. The Morgan fingerprint density at radius 2 is 1.10 bits per heavy atom. The minimum atomic E-state index is -0.232. The number of imidazole rings is 1. The van der Waals surface area contributed by atoms with Crippen LogP contribution in [0.1, 0.15) is 90.1 Å². The Morgan fingerprint density at radius 3 is 1.73 bits per heavy atom. The number of phenolic OH excluding ortho intramolecular Hbond substituents is 1. The van der Waals surface area contributed by atoms with Gasteiger partial charge in [0.2, 0.25) is 0 Å². The molecule has 0 radical (unpaired) electrons. The minimum Gasteiger partial charge on any atom is -0.507 e. The Kier molecular flexibility index (Phi) is 11.2. The average Bonchev–Trinajstić information content (AvgIpc) is 3.89. The third-order valence-corrected chi connectivity index (χ3v) is 14.0. The van der Waals surface area contributed by atoms with E-state index >= 15 is 0 Å². The molecular formula is C65H62N4O. The molecule has 0 aliphatic carbocycles. The number of aromatic nitrogens is 4. The molecule has 0 aliphatic rings. The molecule has 0 saturated carbocycles. The summed E-state index contributed by atoms with van der Waals surface area (Å²) in [7, 11) is 0. The first-order valence-electron chi connectivity index (χ1n) is 24.3. The number of aromatic hydroxyl groups is 1. The number of benzene rings is 7. The van der Waals surface area contributed by atoms with Crippen LogP contribution in [0.25, 0.3) is 94.7 Å². The number of hydrogen-bond acceptors (Lipinski definition) is 3. The van der Waals surface area contributed by atoms with Crippen molar-refractivity contribution in [2.75, 3.05) is 0 Å². The van der Waals surface area contributed by atoms with E-state index in [0.717, 1.165) is 83.7 Å². The van der Waals surface area contributed by atoms with Crippen LogP contribution in [0, 0.1) is 6.92 Å². The predicted octanol–water partition coefficient (Wildman–Crippen LogP) is 17.3. The molecule has 5 heteroatoms. The zero-order valence-electron chi connectivity index (χ0n) is 42.2. The smallest absolute Gasteiger partial charge is 0.149 e. The molecule has 3 heterocycles. The lowest BCUT2D eigenvalue weighted by molar-refractivity contribution is 0.477. The molecule has 0 unspecified atom stereocenters. The molecule has 0 aliphatic heterocycles. The minimum absolute atomic E-state index is 0.125. The van der Waals surface area contributed by atoms with Gasteiger partial charge in [0.05, 0.1) is 33.3 Å². The van der Waals surface area contributed by atoms with Crippen LogP contribution in [0.3, 0.4) is 0 Å². The number of rotatable bonds is 8. The van der Waals surface area contributed by atoms with Crippen LogP contribution in [0.5, 0.6) is 5.75 Å². The zero-order chi connectivity index (χ0) is 49.4. The van der Waals surface area contributed by atoms with Gasteiger partial charge in [0.1, 0.15) is 11.6 Å². The van der Waals surface area contributed by atoms with Gasteiger partial charge in [-0.3, -0.25) is 9.55 Å². The van der Waals surface area contributed by atoms with Crippen molar-refractivity contribution in [3.05, 3.63) is 205 Å². The second-order valence-corrected chi connectivity index (χ2v) is 22.0. The van der Waals surface area contributed by atoms with Crippen LogP contribution in [0.15, 0.2) is 177 Å². The van der Waals surface area contributed by atoms with Gasteiger partial charge in [-0.25, -0.2) is 4.98 Å². The maximum absolute atomic E-state index is 11.7. The van der Waals surface area contributed by atoms with E-state index in [4.69, 9.17) is 9.97 Å². The third kappa shape index (κ3) is 8.23. The summed E-state index contributed by atoms with van der Waals surface area (Å²) in [4.78, 5) is 10.8. The lowest BCUT2D eigenvalue weighted by Gasteiger charge is -2.27. The number of phenols is 1. The maximum atomic E-state index is 11.7. The second kappa shape index (κ2) is 17.0. The summed E-state index contributed by atoms with van der Waals surface area (Å²) in [5, 5.41) is 14.1. The Labute approximate surface area is 413 Å². The van der Waals surface area contributed by atoms with E-state index in [-0.39, 0.29) is 22.0 Å². The number of para-hydroxylation sites is 3. The van der Waals surface area contributed by atoms with Gasteiger partial charge >= 0.3 is 0 Å². The molecule has 0 saturated heterocycles. The second-order valence-electron chi connectivity index (χ2n) is 22.0. The summed E-state index contributed by atoms with van der Waals surface area (Å²) in [5.41, 5.74) is 19.0. The fourth-order valence-corrected chi connectivity index (χ4v) is 9.81. The topological polar surface area (TPSA) is 55.9 Å². The van der Waals surface area contributed by atoms with Crippen LogP contribution in [0.2, 0.25) is 0 Å². The SMILES string of the molecule is C=CC(=C)c1cc(-c2ccnc(-c3cc(-c4cc(C(C)(C)C)cc5c4nc(-c4ccccc4O)n5-c4cc(C(C)(C)C)cc(C(C)(C)C)c4)cc(-n4c5ccccc5c5ccccc54)c3)c2)ccc1C. The first-order chi connectivity index (χ1) is 33.3. The molecule has 0 spiro atoms. The van der Waals surface area contributed by atoms with Crippen LogP contribution in [0.4, 0.5) is 0 Å². The first kappa shape index (κ1) is 46.0. The molecule has 0 bridgehead atoms. The van der Waals surface area contributed by atoms with Gasteiger partial charge in [0, 0.05) is 39.5 Å². The Balaban J connectivity index is 1.31. The summed E-state index contributed by atoms with van der Waals surface area (Å²) in [6.45, 7) is 30.9. The van der Waals surface area contributed by atoms with Crippen LogP contribution < -0.4 is 0 Å². The summed E-state index contributed by atoms with van der Waals surface area (Å²) in [5.74, 6) is 0.854. The highest BCUT2D eigenvalue weighted by atomic mass is 16.3. The van der Waals surface area contributed by atoms with Gasteiger partial charge < -0.3 is 9.67 Å². The number of fused-ring (bicyclic) bond motifs is 4. The fourth-order valence-electron chi connectivity index (χ4n) is 9.81. The molecule has 1 N–H and O–H groups in total. The Morgan fingerprint density at radius 1 is 0.529 bits per heavy atom. The highest BCUT2D eigenvalue weighted by Gasteiger charge is 2.28. The van der Waals surface area contributed by atoms with E-state index in [1.165, 1.54) is 27.5 Å². The zero-order valence-corrected chi connectivity index (χ0v) is 42.2. The van der Waals surface area contributed by atoms with E-state index in [9.17, 15) is 5.11 Å². The predicted molar refractivity (Wildman–Crippen MR) is 297 cm³/mol. The van der Waals surface area contributed by atoms with Crippen LogP contribution in [-0.2, 0) is 16.2 Å². The molecule has 3 aromatic heterocycles. The van der Waals surface area contributed by atoms with Crippen molar-refractivity contribution in [2.45, 2.75) is 85.5 Å². The summed E-state index contributed by atoms with van der Waals surface area (Å²) in [6.07, 6.45) is 3.73. The fraction of sp³-hybridized carbons (Fsp3) is 0.200. The van der Waals surface area contributed by atoms with Crippen molar-refractivity contribution in [1.29, 1.82) is 0 Å². The Bertz CT molecular complexity index is 3640.